The van der Waals surface area contributed by atoms with Gasteiger partial charge in [-0.05, 0) is 62.7 Å². The van der Waals surface area contributed by atoms with Crippen molar-refractivity contribution in [2.75, 3.05) is 0 Å². The number of hydrogen-bond acceptors (Lipinski definition) is 2. The summed E-state index contributed by atoms with van der Waals surface area (Å²) >= 11 is 5.05. The average molecular weight is 309 g/mol. The maximum Gasteiger partial charge on any atom is 0.315 e. The number of thiocarbonyl (C=S) groups is 1. The molecular formula is C16H27N3OS. The Kier molecular flexibility index (Phi) is 4.12. The summed E-state index contributed by atoms with van der Waals surface area (Å²) in [5, 5.41) is 6.28. The Hall–Kier alpha value is -0.840. The third-order valence-electron chi connectivity index (χ3n) is 5.64. The molecule has 4 nitrogen and oxygen atoms in total. The molecule has 0 aromatic heterocycles. The first kappa shape index (κ1) is 15.1. The molecule has 4 saturated carbocycles. The molecule has 4 N–H and O–H groups in total. The van der Waals surface area contributed by atoms with Crippen LogP contribution in [0.25, 0.3) is 0 Å². The molecule has 5 heteroatoms. The summed E-state index contributed by atoms with van der Waals surface area (Å²) in [5.74, 6) is 2.50. The highest BCUT2D eigenvalue weighted by atomic mass is 32.1. The topological polar surface area (TPSA) is 67.2 Å². The lowest BCUT2D eigenvalue weighted by Crippen LogP contribution is -2.62. The molecule has 0 saturated heterocycles. The fourth-order valence-electron chi connectivity index (χ4n) is 5.27. The van der Waals surface area contributed by atoms with Gasteiger partial charge in [0.25, 0.3) is 0 Å². The maximum atomic E-state index is 12.4. The van der Waals surface area contributed by atoms with Crippen molar-refractivity contribution in [1.29, 1.82) is 0 Å². The number of urea groups is 1. The lowest BCUT2D eigenvalue weighted by atomic mass is 9.53. The third-order valence-corrected chi connectivity index (χ3v) is 5.93. The zero-order chi connectivity index (χ0) is 15.0. The van der Waals surface area contributed by atoms with Gasteiger partial charge in [0.05, 0.1) is 11.0 Å². The average Bonchev–Trinajstić information content (AvgIpc) is 2.35. The normalized spacial score (nSPS) is 38.0. The van der Waals surface area contributed by atoms with E-state index in [2.05, 4.69) is 17.6 Å². The van der Waals surface area contributed by atoms with Crippen molar-refractivity contribution < 1.29 is 4.79 Å². The fourth-order valence-corrected chi connectivity index (χ4v) is 5.45. The SMILES string of the molecule is CCCC(NC(=O)NC12CC3CC(CC(C3)C1)C2)C(N)=S. The van der Waals surface area contributed by atoms with E-state index in [-0.39, 0.29) is 17.6 Å². The second-order valence-corrected chi connectivity index (χ2v) is 8.01. The number of nitrogens with one attached hydrogen (secondary N) is 2. The molecule has 1 atom stereocenters. The van der Waals surface area contributed by atoms with Gasteiger partial charge in [-0.15, -0.1) is 0 Å². The van der Waals surface area contributed by atoms with Gasteiger partial charge in [0.2, 0.25) is 0 Å². The molecule has 0 aromatic carbocycles. The van der Waals surface area contributed by atoms with Crippen LogP contribution >= 0.6 is 12.2 Å². The predicted octanol–water partition coefficient (Wildman–Crippen LogP) is 2.71. The highest BCUT2D eigenvalue weighted by Gasteiger charge is 2.51. The molecule has 0 aromatic rings. The van der Waals surface area contributed by atoms with Crippen LogP contribution in [0.15, 0.2) is 0 Å². The Morgan fingerprint density at radius 1 is 1.24 bits per heavy atom. The number of amides is 2. The van der Waals surface area contributed by atoms with Crippen LogP contribution in [0.3, 0.4) is 0 Å². The molecule has 2 amide bonds. The Morgan fingerprint density at radius 3 is 2.19 bits per heavy atom. The molecule has 4 bridgehead atoms. The molecule has 21 heavy (non-hydrogen) atoms. The van der Waals surface area contributed by atoms with E-state index in [0.29, 0.717) is 4.99 Å². The Labute approximate surface area is 132 Å². The van der Waals surface area contributed by atoms with Crippen molar-refractivity contribution in [3.63, 3.8) is 0 Å². The minimum Gasteiger partial charge on any atom is -0.392 e. The van der Waals surface area contributed by atoms with Gasteiger partial charge in [0.1, 0.15) is 0 Å². The van der Waals surface area contributed by atoms with E-state index in [4.69, 9.17) is 18.0 Å². The Bertz CT molecular complexity index is 402. The molecule has 0 heterocycles. The summed E-state index contributed by atoms with van der Waals surface area (Å²) in [4.78, 5) is 12.8. The van der Waals surface area contributed by atoms with Crippen LogP contribution in [0.1, 0.15) is 58.3 Å². The van der Waals surface area contributed by atoms with E-state index in [0.717, 1.165) is 30.6 Å². The highest BCUT2D eigenvalue weighted by Crippen LogP contribution is 2.55. The summed E-state index contributed by atoms with van der Waals surface area (Å²) in [5.41, 5.74) is 5.77. The van der Waals surface area contributed by atoms with Crippen LogP contribution in [0.2, 0.25) is 0 Å². The first-order chi connectivity index (χ1) is 9.99. The highest BCUT2D eigenvalue weighted by molar-refractivity contribution is 7.80. The predicted molar refractivity (Wildman–Crippen MR) is 88.1 cm³/mol. The molecule has 4 aliphatic carbocycles. The van der Waals surface area contributed by atoms with Crippen molar-refractivity contribution >= 4 is 23.2 Å². The number of hydrogen-bond donors (Lipinski definition) is 3. The van der Waals surface area contributed by atoms with E-state index in [1.165, 1.54) is 38.5 Å². The van der Waals surface area contributed by atoms with E-state index in [1.54, 1.807) is 0 Å². The van der Waals surface area contributed by atoms with E-state index >= 15 is 0 Å². The Balaban J connectivity index is 1.61. The maximum absolute atomic E-state index is 12.4. The summed E-state index contributed by atoms with van der Waals surface area (Å²) in [7, 11) is 0. The summed E-state index contributed by atoms with van der Waals surface area (Å²) in [6.07, 6.45) is 9.41. The first-order valence-electron chi connectivity index (χ1n) is 8.37. The minimum absolute atomic E-state index is 0.0474. The van der Waals surface area contributed by atoms with Crippen molar-refractivity contribution in [1.82, 2.24) is 10.6 Å². The molecule has 0 spiro atoms. The molecule has 118 valence electrons. The summed E-state index contributed by atoms with van der Waals surface area (Å²) in [6.45, 7) is 2.07. The van der Waals surface area contributed by atoms with Gasteiger partial charge in [-0.1, -0.05) is 25.6 Å². The fraction of sp³-hybridized carbons (Fsp3) is 0.875. The van der Waals surface area contributed by atoms with Gasteiger partial charge in [-0.2, -0.15) is 0 Å². The monoisotopic (exact) mass is 309 g/mol. The number of carbonyl (C=O) groups is 1. The molecule has 4 aliphatic rings. The van der Waals surface area contributed by atoms with Crippen LogP contribution < -0.4 is 16.4 Å². The van der Waals surface area contributed by atoms with Gasteiger partial charge in [0, 0.05) is 5.54 Å². The van der Waals surface area contributed by atoms with Gasteiger partial charge < -0.3 is 16.4 Å². The van der Waals surface area contributed by atoms with Crippen molar-refractivity contribution in [3.8, 4) is 0 Å². The second-order valence-electron chi connectivity index (χ2n) is 7.54. The summed E-state index contributed by atoms with van der Waals surface area (Å²) < 4.78 is 0. The smallest absolute Gasteiger partial charge is 0.315 e. The standard InChI is InChI=1S/C16H27N3OS/c1-2-3-13(14(17)21)18-15(20)19-16-7-10-4-11(8-16)6-12(5-10)9-16/h10-13H,2-9H2,1H3,(H2,17,21)(H2,18,19,20). The van der Waals surface area contributed by atoms with Crippen LogP contribution in [-0.4, -0.2) is 22.6 Å². The molecule has 0 aliphatic heterocycles. The zero-order valence-electron chi connectivity index (χ0n) is 12.9. The van der Waals surface area contributed by atoms with Crippen LogP contribution in [-0.2, 0) is 0 Å². The zero-order valence-corrected chi connectivity index (χ0v) is 13.7. The van der Waals surface area contributed by atoms with Crippen LogP contribution in [0.4, 0.5) is 4.79 Å². The molecule has 0 radical (unpaired) electrons. The molecule has 4 rings (SSSR count). The number of carbonyl (C=O) groups excluding carboxylic acids is 1. The van der Waals surface area contributed by atoms with Gasteiger partial charge in [-0.25, -0.2) is 4.79 Å². The molecule has 4 fully saturated rings. The van der Waals surface area contributed by atoms with Crippen LogP contribution in [0, 0.1) is 17.8 Å². The second kappa shape index (κ2) is 5.75. The molecule has 1 unspecified atom stereocenters. The van der Waals surface area contributed by atoms with Gasteiger partial charge in [-0.3, -0.25) is 0 Å². The Morgan fingerprint density at radius 2 is 1.76 bits per heavy atom. The van der Waals surface area contributed by atoms with Crippen molar-refractivity contribution in [2.45, 2.75) is 69.9 Å². The van der Waals surface area contributed by atoms with Crippen LogP contribution in [0.5, 0.6) is 0 Å². The van der Waals surface area contributed by atoms with Gasteiger partial charge >= 0.3 is 6.03 Å². The third kappa shape index (κ3) is 3.17. The minimum atomic E-state index is -0.182. The number of rotatable bonds is 5. The lowest BCUT2D eigenvalue weighted by molar-refractivity contribution is -0.0135. The number of nitrogens with two attached hydrogens (primary N) is 1. The van der Waals surface area contributed by atoms with E-state index in [9.17, 15) is 4.79 Å². The first-order valence-corrected chi connectivity index (χ1v) is 8.78. The largest absolute Gasteiger partial charge is 0.392 e. The quantitative estimate of drug-likeness (QED) is 0.684. The molecular weight excluding hydrogens is 282 g/mol. The van der Waals surface area contributed by atoms with E-state index in [1.807, 2.05) is 0 Å². The van der Waals surface area contributed by atoms with Gasteiger partial charge in [0.15, 0.2) is 0 Å². The van der Waals surface area contributed by atoms with Crippen molar-refractivity contribution in [3.05, 3.63) is 0 Å². The van der Waals surface area contributed by atoms with E-state index < -0.39 is 0 Å². The summed E-state index contributed by atoms with van der Waals surface area (Å²) in [6, 6.07) is -0.262. The van der Waals surface area contributed by atoms with Crippen molar-refractivity contribution in [2.24, 2.45) is 23.5 Å². The lowest BCUT2D eigenvalue weighted by Gasteiger charge is -2.56.